The van der Waals surface area contributed by atoms with Crippen LogP contribution in [0.15, 0.2) is 18.2 Å². The van der Waals surface area contributed by atoms with Crippen molar-refractivity contribution in [1.29, 1.82) is 0 Å². The van der Waals surface area contributed by atoms with Crippen molar-refractivity contribution in [3.8, 4) is 0 Å². The Kier molecular flexibility index (Phi) is 5.48. The summed E-state index contributed by atoms with van der Waals surface area (Å²) in [6.07, 6.45) is 1.07. The lowest BCUT2D eigenvalue weighted by Crippen LogP contribution is -2.30. The molecule has 0 bridgehead atoms. The van der Waals surface area contributed by atoms with E-state index in [-0.39, 0.29) is 11.9 Å². The number of imidazole rings is 1. The lowest BCUT2D eigenvalue weighted by Gasteiger charge is -2.11. The van der Waals surface area contributed by atoms with Crippen molar-refractivity contribution in [1.82, 2.24) is 14.9 Å². The maximum absolute atomic E-state index is 11.8. The van der Waals surface area contributed by atoms with E-state index in [1.54, 1.807) is 0 Å². The van der Waals surface area contributed by atoms with Crippen molar-refractivity contribution in [2.45, 2.75) is 39.3 Å². The maximum Gasteiger partial charge on any atom is 0.221 e. The van der Waals surface area contributed by atoms with E-state index in [9.17, 15) is 4.79 Å². The largest absolute Gasteiger partial charge is 0.354 e. The minimum absolute atomic E-state index is 0.0331. The Morgan fingerprint density at radius 2 is 2.19 bits per heavy atom. The van der Waals surface area contributed by atoms with Crippen molar-refractivity contribution >= 4 is 40.1 Å². The molecule has 0 unspecified atom stereocenters. The molecule has 0 radical (unpaired) electrons. The van der Waals surface area contributed by atoms with Crippen LogP contribution in [0.1, 0.15) is 26.1 Å². The number of benzene rings is 1. The number of aromatic nitrogens is 2. The molecular formula is C15H19Cl2N3O. The summed E-state index contributed by atoms with van der Waals surface area (Å²) in [4.78, 5) is 16.4. The van der Waals surface area contributed by atoms with Crippen LogP contribution in [-0.2, 0) is 17.8 Å². The second-order valence-electron chi connectivity index (χ2n) is 5.22. The summed E-state index contributed by atoms with van der Waals surface area (Å²) >= 11 is 11.9. The smallest absolute Gasteiger partial charge is 0.221 e. The molecule has 1 aromatic heterocycles. The first-order valence-corrected chi connectivity index (χ1v) is 7.92. The van der Waals surface area contributed by atoms with Gasteiger partial charge >= 0.3 is 0 Å². The molecule has 0 spiro atoms. The van der Waals surface area contributed by atoms with Crippen LogP contribution in [0.2, 0.25) is 5.02 Å². The highest BCUT2D eigenvalue weighted by atomic mass is 35.5. The number of carbonyl (C=O) groups excluding carboxylic acids is 1. The fraction of sp³-hybridized carbons (Fsp3) is 0.467. The molecule has 0 aliphatic heterocycles. The molecule has 21 heavy (non-hydrogen) atoms. The number of halogens is 2. The molecule has 0 saturated carbocycles. The highest BCUT2D eigenvalue weighted by Crippen LogP contribution is 2.21. The molecule has 0 fully saturated rings. The van der Waals surface area contributed by atoms with Crippen LogP contribution in [-0.4, -0.2) is 27.4 Å². The zero-order valence-corrected chi connectivity index (χ0v) is 13.7. The molecular weight excluding hydrogens is 309 g/mol. The summed E-state index contributed by atoms with van der Waals surface area (Å²) in [5.74, 6) is 1.42. The Morgan fingerprint density at radius 1 is 1.43 bits per heavy atom. The number of alkyl halides is 1. The molecule has 114 valence electrons. The van der Waals surface area contributed by atoms with Crippen LogP contribution < -0.4 is 5.32 Å². The van der Waals surface area contributed by atoms with Gasteiger partial charge in [-0.25, -0.2) is 4.98 Å². The first-order chi connectivity index (χ1) is 10.0. The molecule has 0 aliphatic rings. The molecule has 1 heterocycles. The standard InChI is InChI=1S/C15H19Cl2N3O/c1-10(2)18-15(21)6-8-20-13-9-11(17)3-4-12(13)19-14(20)5-7-16/h3-4,9-10H,5-8H2,1-2H3,(H,18,21). The van der Waals surface area contributed by atoms with Crippen molar-refractivity contribution in [3.05, 3.63) is 29.0 Å². The highest BCUT2D eigenvalue weighted by molar-refractivity contribution is 6.31. The number of fused-ring (bicyclic) bond motifs is 1. The highest BCUT2D eigenvalue weighted by Gasteiger charge is 2.12. The van der Waals surface area contributed by atoms with Gasteiger partial charge in [0, 0.05) is 36.3 Å². The number of amides is 1. The minimum Gasteiger partial charge on any atom is -0.354 e. The van der Waals surface area contributed by atoms with Gasteiger partial charge in [0.25, 0.3) is 0 Å². The SMILES string of the molecule is CC(C)NC(=O)CCn1c(CCCl)nc2ccc(Cl)cc21. The molecule has 6 heteroatoms. The summed E-state index contributed by atoms with van der Waals surface area (Å²) in [6.45, 7) is 4.47. The third-order valence-corrected chi connectivity index (χ3v) is 3.54. The van der Waals surface area contributed by atoms with E-state index in [1.807, 2.05) is 36.6 Å². The second-order valence-corrected chi connectivity index (χ2v) is 6.04. The van der Waals surface area contributed by atoms with Gasteiger partial charge in [0.15, 0.2) is 0 Å². The van der Waals surface area contributed by atoms with Crippen LogP contribution >= 0.6 is 23.2 Å². The Morgan fingerprint density at radius 3 is 2.86 bits per heavy atom. The van der Waals surface area contributed by atoms with Gasteiger partial charge in [0.05, 0.1) is 11.0 Å². The van der Waals surface area contributed by atoms with Crippen LogP contribution in [0.25, 0.3) is 11.0 Å². The predicted molar refractivity (Wildman–Crippen MR) is 87.1 cm³/mol. The average Bonchev–Trinajstić information content (AvgIpc) is 2.73. The van der Waals surface area contributed by atoms with Gasteiger partial charge in [-0.05, 0) is 32.0 Å². The molecule has 0 atom stereocenters. The zero-order chi connectivity index (χ0) is 15.4. The van der Waals surface area contributed by atoms with Gasteiger partial charge in [-0.2, -0.15) is 0 Å². The third kappa shape index (κ3) is 4.11. The van der Waals surface area contributed by atoms with Crippen molar-refractivity contribution < 1.29 is 4.79 Å². The van der Waals surface area contributed by atoms with Gasteiger partial charge in [-0.15, -0.1) is 11.6 Å². The quantitative estimate of drug-likeness (QED) is 0.826. The fourth-order valence-corrected chi connectivity index (χ4v) is 2.61. The van der Waals surface area contributed by atoms with E-state index in [0.717, 1.165) is 16.9 Å². The van der Waals surface area contributed by atoms with E-state index in [0.29, 0.717) is 30.3 Å². The Hall–Kier alpha value is -1.26. The van der Waals surface area contributed by atoms with Crippen LogP contribution in [0.3, 0.4) is 0 Å². The number of aryl methyl sites for hydroxylation is 2. The van der Waals surface area contributed by atoms with Crippen LogP contribution in [0.5, 0.6) is 0 Å². The summed E-state index contributed by atoms with van der Waals surface area (Å²) < 4.78 is 2.03. The third-order valence-electron chi connectivity index (χ3n) is 3.12. The Bertz CT molecular complexity index is 637. The van der Waals surface area contributed by atoms with E-state index in [2.05, 4.69) is 10.3 Å². The number of hydrogen-bond acceptors (Lipinski definition) is 2. The first kappa shape index (κ1) is 16.1. The van der Waals surface area contributed by atoms with Gasteiger partial charge in [0.2, 0.25) is 5.91 Å². The molecule has 1 N–H and O–H groups in total. The number of nitrogens with one attached hydrogen (secondary N) is 1. The number of carbonyl (C=O) groups is 1. The summed E-state index contributed by atoms with van der Waals surface area (Å²) in [5, 5.41) is 3.55. The molecule has 0 aliphatic carbocycles. The van der Waals surface area contributed by atoms with E-state index in [1.165, 1.54) is 0 Å². The molecule has 0 saturated heterocycles. The predicted octanol–water partition coefficient (Wildman–Crippen LogP) is 3.39. The molecule has 1 aromatic carbocycles. The summed E-state index contributed by atoms with van der Waals surface area (Å²) in [5.41, 5.74) is 1.82. The van der Waals surface area contributed by atoms with Gasteiger partial charge in [-0.3, -0.25) is 4.79 Å². The molecule has 4 nitrogen and oxygen atoms in total. The van der Waals surface area contributed by atoms with Gasteiger partial charge in [0.1, 0.15) is 5.82 Å². The normalized spacial score (nSPS) is 11.3. The first-order valence-electron chi connectivity index (χ1n) is 7.01. The maximum atomic E-state index is 11.8. The van der Waals surface area contributed by atoms with Crippen LogP contribution in [0, 0.1) is 0 Å². The zero-order valence-electron chi connectivity index (χ0n) is 12.2. The topological polar surface area (TPSA) is 46.9 Å². The Labute approximate surface area is 134 Å². The van der Waals surface area contributed by atoms with Crippen LogP contribution in [0.4, 0.5) is 0 Å². The van der Waals surface area contributed by atoms with E-state index in [4.69, 9.17) is 23.2 Å². The number of nitrogens with zero attached hydrogens (tertiary/aromatic N) is 2. The van der Waals surface area contributed by atoms with Crippen molar-refractivity contribution in [3.63, 3.8) is 0 Å². The molecule has 1 amide bonds. The lowest BCUT2D eigenvalue weighted by molar-refractivity contribution is -0.121. The summed E-state index contributed by atoms with van der Waals surface area (Å²) in [7, 11) is 0. The van der Waals surface area contributed by atoms with E-state index >= 15 is 0 Å². The number of rotatable bonds is 6. The van der Waals surface area contributed by atoms with Gasteiger partial charge in [-0.1, -0.05) is 11.6 Å². The number of hydrogen-bond donors (Lipinski definition) is 1. The molecule has 2 aromatic rings. The summed E-state index contributed by atoms with van der Waals surface area (Å²) in [6, 6.07) is 5.73. The average molecular weight is 328 g/mol. The lowest BCUT2D eigenvalue weighted by atomic mass is 10.3. The second kappa shape index (κ2) is 7.14. The van der Waals surface area contributed by atoms with Crippen molar-refractivity contribution in [2.24, 2.45) is 0 Å². The Balaban J connectivity index is 2.25. The van der Waals surface area contributed by atoms with Gasteiger partial charge < -0.3 is 9.88 Å². The molecule has 2 rings (SSSR count). The fourth-order valence-electron chi connectivity index (χ4n) is 2.28. The minimum atomic E-state index is 0.0331. The van der Waals surface area contributed by atoms with E-state index < -0.39 is 0 Å². The van der Waals surface area contributed by atoms with Crippen molar-refractivity contribution in [2.75, 3.05) is 5.88 Å². The monoisotopic (exact) mass is 327 g/mol.